The van der Waals surface area contributed by atoms with Crippen molar-refractivity contribution >= 4 is 11.6 Å². The third-order valence-electron chi connectivity index (χ3n) is 4.81. The van der Waals surface area contributed by atoms with Crippen LogP contribution in [-0.4, -0.2) is 27.3 Å². The van der Waals surface area contributed by atoms with Gasteiger partial charge in [-0.25, -0.2) is 0 Å². The summed E-state index contributed by atoms with van der Waals surface area (Å²) in [5, 5.41) is 19.5. The Bertz CT molecular complexity index is 324. The van der Waals surface area contributed by atoms with Crippen LogP contribution in [0.25, 0.3) is 0 Å². The second kappa shape index (κ2) is 4.56. The lowest BCUT2D eigenvalue weighted by atomic mass is 9.64. The van der Waals surface area contributed by atoms with E-state index < -0.39 is 5.60 Å². The molecular formula is C14H23ClO2. The lowest BCUT2D eigenvalue weighted by molar-refractivity contribution is -0.0604. The van der Waals surface area contributed by atoms with Gasteiger partial charge in [-0.05, 0) is 50.9 Å². The van der Waals surface area contributed by atoms with Crippen LogP contribution in [0.15, 0.2) is 11.6 Å². The number of aliphatic hydroxyl groups is 2. The smallest absolute Gasteiger partial charge is 0.0878 e. The van der Waals surface area contributed by atoms with Crippen molar-refractivity contribution in [1.29, 1.82) is 0 Å². The fourth-order valence-electron chi connectivity index (χ4n) is 3.31. The van der Waals surface area contributed by atoms with Crippen molar-refractivity contribution in [1.82, 2.24) is 0 Å². The lowest BCUT2D eigenvalue weighted by Gasteiger charge is -2.48. The molecule has 2 unspecified atom stereocenters. The van der Waals surface area contributed by atoms with Crippen LogP contribution >= 0.6 is 11.6 Å². The highest BCUT2D eigenvalue weighted by molar-refractivity contribution is 6.26. The van der Waals surface area contributed by atoms with E-state index in [0.717, 1.165) is 32.1 Å². The molecule has 0 aromatic rings. The van der Waals surface area contributed by atoms with Gasteiger partial charge in [0.1, 0.15) is 0 Å². The first-order valence-electron chi connectivity index (χ1n) is 6.62. The van der Waals surface area contributed by atoms with Crippen LogP contribution < -0.4 is 0 Å². The van der Waals surface area contributed by atoms with Gasteiger partial charge in [0.15, 0.2) is 0 Å². The van der Waals surface area contributed by atoms with Crippen molar-refractivity contribution in [2.75, 3.05) is 6.61 Å². The summed E-state index contributed by atoms with van der Waals surface area (Å²) in [6, 6.07) is 0. The summed E-state index contributed by atoms with van der Waals surface area (Å²) in [6.07, 6.45) is 7.23. The third kappa shape index (κ3) is 2.27. The summed E-state index contributed by atoms with van der Waals surface area (Å²) in [6.45, 7) is 3.74. The van der Waals surface area contributed by atoms with Gasteiger partial charge in [-0.3, -0.25) is 0 Å². The van der Waals surface area contributed by atoms with Crippen molar-refractivity contribution < 1.29 is 10.2 Å². The lowest BCUT2D eigenvalue weighted by Crippen LogP contribution is -2.48. The second-order valence-corrected chi connectivity index (χ2v) is 6.70. The maximum absolute atomic E-state index is 10.2. The Hall–Kier alpha value is -0.0500. The third-order valence-corrected chi connectivity index (χ3v) is 5.58. The number of alkyl halides is 1. The summed E-state index contributed by atoms with van der Waals surface area (Å²) < 4.78 is 0. The molecule has 0 radical (unpaired) electrons. The molecule has 0 saturated heterocycles. The highest BCUT2D eigenvalue weighted by Crippen LogP contribution is 2.52. The van der Waals surface area contributed by atoms with Crippen LogP contribution in [0.2, 0.25) is 0 Å². The molecule has 2 aliphatic carbocycles. The first-order valence-corrected chi connectivity index (χ1v) is 6.99. The predicted molar refractivity (Wildman–Crippen MR) is 70.1 cm³/mol. The molecule has 4 atom stereocenters. The SMILES string of the molecule is C[C@@H]1CCC=C2CCC(C(C)(O)CO)C[C@]21Cl. The molecule has 1 fully saturated rings. The van der Waals surface area contributed by atoms with Crippen LogP contribution in [0.1, 0.15) is 46.0 Å². The van der Waals surface area contributed by atoms with Crippen LogP contribution in [0.4, 0.5) is 0 Å². The Morgan fingerprint density at radius 2 is 2.24 bits per heavy atom. The van der Waals surface area contributed by atoms with Crippen LogP contribution in [0.3, 0.4) is 0 Å². The zero-order valence-corrected chi connectivity index (χ0v) is 11.5. The summed E-state index contributed by atoms with van der Waals surface area (Å²) in [4.78, 5) is -0.277. The average Bonchev–Trinajstić information content (AvgIpc) is 2.30. The number of hydrogen-bond acceptors (Lipinski definition) is 2. The second-order valence-electron chi connectivity index (χ2n) is 6.03. The number of allylic oxidation sites excluding steroid dienone is 2. The topological polar surface area (TPSA) is 40.5 Å². The molecule has 2 rings (SSSR count). The number of rotatable bonds is 2. The van der Waals surface area contributed by atoms with Crippen LogP contribution in [-0.2, 0) is 0 Å². The van der Waals surface area contributed by atoms with Gasteiger partial charge in [0.2, 0.25) is 0 Å². The van der Waals surface area contributed by atoms with Crippen molar-refractivity contribution in [3.8, 4) is 0 Å². The maximum Gasteiger partial charge on any atom is 0.0878 e. The van der Waals surface area contributed by atoms with Crippen molar-refractivity contribution in [3.63, 3.8) is 0 Å². The van der Waals surface area contributed by atoms with E-state index in [0.29, 0.717) is 5.92 Å². The standard InChI is InChI=1S/C14H23ClO2/c1-10-4-3-5-11-6-7-12(8-14(10,11)15)13(2,17)9-16/h5,10,12,16-17H,3-4,6-9H2,1-2H3/t10-,12?,13?,14-/m1/s1. The van der Waals surface area contributed by atoms with Gasteiger partial charge < -0.3 is 10.2 Å². The minimum absolute atomic E-state index is 0.0997. The summed E-state index contributed by atoms with van der Waals surface area (Å²) in [7, 11) is 0. The van der Waals surface area contributed by atoms with E-state index in [1.54, 1.807) is 6.92 Å². The molecule has 17 heavy (non-hydrogen) atoms. The van der Waals surface area contributed by atoms with Gasteiger partial charge >= 0.3 is 0 Å². The number of hydrogen-bond donors (Lipinski definition) is 2. The number of aliphatic hydroxyl groups excluding tert-OH is 1. The summed E-state index contributed by atoms with van der Waals surface area (Å²) >= 11 is 6.82. The molecule has 2 nitrogen and oxygen atoms in total. The van der Waals surface area contributed by atoms with Gasteiger partial charge in [0.05, 0.1) is 17.1 Å². The molecule has 0 amide bonds. The minimum atomic E-state index is -0.995. The van der Waals surface area contributed by atoms with Gasteiger partial charge in [-0.2, -0.15) is 0 Å². The zero-order chi connectivity index (χ0) is 12.7. The zero-order valence-electron chi connectivity index (χ0n) is 10.7. The van der Waals surface area contributed by atoms with E-state index in [-0.39, 0.29) is 17.4 Å². The Balaban J connectivity index is 2.21. The van der Waals surface area contributed by atoms with E-state index in [1.165, 1.54) is 5.57 Å². The fourth-order valence-corrected chi connectivity index (χ4v) is 3.78. The molecule has 0 aliphatic heterocycles. The fraction of sp³-hybridized carbons (Fsp3) is 0.857. The molecular weight excluding hydrogens is 236 g/mol. The molecule has 0 aromatic carbocycles. The molecule has 0 heterocycles. The molecule has 0 aromatic heterocycles. The van der Waals surface area contributed by atoms with E-state index >= 15 is 0 Å². The Morgan fingerprint density at radius 1 is 1.53 bits per heavy atom. The van der Waals surface area contributed by atoms with E-state index in [9.17, 15) is 10.2 Å². The van der Waals surface area contributed by atoms with Gasteiger partial charge in [0.25, 0.3) is 0 Å². The van der Waals surface area contributed by atoms with E-state index in [1.807, 2.05) is 0 Å². The molecule has 2 N–H and O–H groups in total. The predicted octanol–water partition coefficient (Wildman–Crippen LogP) is 2.86. The number of fused-ring (bicyclic) bond motifs is 1. The first-order chi connectivity index (χ1) is 7.90. The van der Waals surface area contributed by atoms with Gasteiger partial charge in [0, 0.05) is 0 Å². The van der Waals surface area contributed by atoms with Crippen LogP contribution in [0.5, 0.6) is 0 Å². The molecule has 98 valence electrons. The monoisotopic (exact) mass is 258 g/mol. The van der Waals surface area contributed by atoms with Crippen molar-refractivity contribution in [3.05, 3.63) is 11.6 Å². The Kier molecular flexibility index (Phi) is 3.59. The quantitative estimate of drug-likeness (QED) is 0.591. The molecule has 3 heteroatoms. The van der Waals surface area contributed by atoms with Crippen molar-refractivity contribution in [2.24, 2.45) is 11.8 Å². The highest BCUT2D eigenvalue weighted by Gasteiger charge is 2.47. The van der Waals surface area contributed by atoms with Crippen LogP contribution in [0, 0.1) is 11.8 Å². The van der Waals surface area contributed by atoms with Gasteiger partial charge in [-0.1, -0.05) is 18.6 Å². The average molecular weight is 259 g/mol. The highest BCUT2D eigenvalue weighted by atomic mass is 35.5. The van der Waals surface area contributed by atoms with E-state index in [4.69, 9.17) is 11.6 Å². The van der Waals surface area contributed by atoms with E-state index in [2.05, 4.69) is 13.0 Å². The summed E-state index contributed by atoms with van der Waals surface area (Å²) in [5.41, 5.74) is 0.368. The molecule has 2 aliphatic rings. The summed E-state index contributed by atoms with van der Waals surface area (Å²) in [5.74, 6) is 0.559. The largest absolute Gasteiger partial charge is 0.393 e. The number of halogens is 1. The minimum Gasteiger partial charge on any atom is -0.393 e. The molecule has 0 spiro atoms. The van der Waals surface area contributed by atoms with Gasteiger partial charge in [-0.15, -0.1) is 11.6 Å². The maximum atomic E-state index is 10.2. The first kappa shape index (κ1) is 13.4. The normalized spacial score (nSPS) is 41.4. The Morgan fingerprint density at radius 3 is 2.88 bits per heavy atom. The molecule has 1 saturated carbocycles. The van der Waals surface area contributed by atoms with Crippen molar-refractivity contribution in [2.45, 2.75) is 56.4 Å². The Labute approximate surface area is 109 Å². The molecule has 0 bridgehead atoms.